The van der Waals surface area contributed by atoms with E-state index in [2.05, 4.69) is 22.9 Å². The van der Waals surface area contributed by atoms with Gasteiger partial charge in [-0.05, 0) is 24.7 Å². The number of likely N-dealkylation sites (N-methyl/N-ethyl adjacent to an activating group) is 1. The van der Waals surface area contributed by atoms with Crippen LogP contribution in [0.4, 0.5) is 0 Å². The Bertz CT molecular complexity index is 402. The predicted molar refractivity (Wildman–Crippen MR) is 65.5 cm³/mol. The van der Waals surface area contributed by atoms with Gasteiger partial charge in [0.2, 0.25) is 0 Å². The Morgan fingerprint density at radius 1 is 1.18 bits per heavy atom. The number of benzene rings is 1. The first-order valence-corrected chi connectivity index (χ1v) is 5.82. The van der Waals surface area contributed by atoms with Crippen LogP contribution in [0.1, 0.15) is 11.6 Å². The molecule has 0 bridgehead atoms. The number of aromatic hydroxyl groups is 1. The molecule has 1 saturated heterocycles. The van der Waals surface area contributed by atoms with Gasteiger partial charge in [0.05, 0.1) is 6.07 Å². The highest BCUT2D eigenvalue weighted by Gasteiger charge is 2.23. The minimum atomic E-state index is -0.204. The molecule has 4 heteroatoms. The number of phenols is 1. The fourth-order valence-corrected chi connectivity index (χ4v) is 2.10. The van der Waals surface area contributed by atoms with E-state index in [-0.39, 0.29) is 11.8 Å². The lowest BCUT2D eigenvalue weighted by atomic mass is 10.1. The van der Waals surface area contributed by atoms with Gasteiger partial charge in [0.15, 0.2) is 0 Å². The topological polar surface area (TPSA) is 50.5 Å². The summed E-state index contributed by atoms with van der Waals surface area (Å²) in [6.07, 6.45) is 0. The minimum Gasteiger partial charge on any atom is -0.508 e. The van der Waals surface area contributed by atoms with Crippen molar-refractivity contribution in [2.75, 3.05) is 33.2 Å². The van der Waals surface area contributed by atoms with Gasteiger partial charge in [0.25, 0.3) is 0 Å². The molecule has 0 amide bonds. The van der Waals surface area contributed by atoms with E-state index in [0.717, 1.165) is 31.7 Å². The van der Waals surface area contributed by atoms with Crippen molar-refractivity contribution in [2.24, 2.45) is 0 Å². The number of hydrogen-bond donors (Lipinski definition) is 1. The van der Waals surface area contributed by atoms with Gasteiger partial charge in [-0.15, -0.1) is 0 Å². The third-order valence-corrected chi connectivity index (χ3v) is 3.23. The van der Waals surface area contributed by atoms with Crippen LogP contribution in [0.3, 0.4) is 0 Å². The maximum Gasteiger partial charge on any atom is 0.123 e. The molecule has 17 heavy (non-hydrogen) atoms. The highest BCUT2D eigenvalue weighted by atomic mass is 16.3. The summed E-state index contributed by atoms with van der Waals surface area (Å²) in [5.74, 6) is 0.240. The third-order valence-electron chi connectivity index (χ3n) is 3.23. The van der Waals surface area contributed by atoms with Crippen molar-refractivity contribution in [3.63, 3.8) is 0 Å². The Morgan fingerprint density at radius 2 is 1.76 bits per heavy atom. The molecule has 0 unspecified atom stereocenters. The van der Waals surface area contributed by atoms with E-state index >= 15 is 0 Å². The van der Waals surface area contributed by atoms with Crippen molar-refractivity contribution >= 4 is 0 Å². The molecular formula is C13H17N3O. The molecule has 1 heterocycles. The zero-order valence-electron chi connectivity index (χ0n) is 10.0. The second kappa shape index (κ2) is 5.17. The largest absolute Gasteiger partial charge is 0.508 e. The smallest absolute Gasteiger partial charge is 0.123 e. The summed E-state index contributed by atoms with van der Waals surface area (Å²) in [6.45, 7) is 3.82. The first kappa shape index (κ1) is 11.9. The second-order valence-corrected chi connectivity index (χ2v) is 4.46. The lowest BCUT2D eigenvalue weighted by Crippen LogP contribution is -2.45. The van der Waals surface area contributed by atoms with Gasteiger partial charge in [-0.3, -0.25) is 4.90 Å². The molecule has 1 N–H and O–H groups in total. The molecule has 1 atom stereocenters. The normalized spacial score (nSPS) is 19.8. The predicted octanol–water partition coefficient (Wildman–Crippen LogP) is 1.20. The Kier molecular flexibility index (Phi) is 3.62. The van der Waals surface area contributed by atoms with Crippen molar-refractivity contribution in [1.29, 1.82) is 5.26 Å². The number of nitrogens with zero attached hydrogens (tertiary/aromatic N) is 3. The van der Waals surface area contributed by atoms with Crippen molar-refractivity contribution in [1.82, 2.24) is 9.80 Å². The van der Waals surface area contributed by atoms with E-state index in [1.54, 1.807) is 12.1 Å². The van der Waals surface area contributed by atoms with Gasteiger partial charge in [0, 0.05) is 26.2 Å². The van der Waals surface area contributed by atoms with Crippen molar-refractivity contribution in [2.45, 2.75) is 6.04 Å². The highest BCUT2D eigenvalue weighted by Crippen LogP contribution is 2.23. The molecule has 1 aromatic carbocycles. The molecule has 0 spiro atoms. The van der Waals surface area contributed by atoms with Crippen LogP contribution < -0.4 is 0 Å². The number of piperazine rings is 1. The molecule has 1 aliphatic heterocycles. The van der Waals surface area contributed by atoms with Crippen LogP contribution in [-0.4, -0.2) is 48.1 Å². The van der Waals surface area contributed by atoms with Crippen LogP contribution in [0.2, 0.25) is 0 Å². The van der Waals surface area contributed by atoms with Gasteiger partial charge in [-0.1, -0.05) is 12.1 Å². The minimum absolute atomic E-state index is 0.204. The zero-order chi connectivity index (χ0) is 12.3. The quantitative estimate of drug-likeness (QED) is 0.831. The molecule has 1 aromatic rings. The average Bonchev–Trinajstić information content (AvgIpc) is 2.35. The fourth-order valence-electron chi connectivity index (χ4n) is 2.10. The van der Waals surface area contributed by atoms with E-state index in [4.69, 9.17) is 0 Å². The van der Waals surface area contributed by atoms with Gasteiger partial charge < -0.3 is 10.0 Å². The Hall–Kier alpha value is -1.57. The molecule has 0 saturated carbocycles. The summed E-state index contributed by atoms with van der Waals surface area (Å²) in [6, 6.07) is 9.06. The van der Waals surface area contributed by atoms with E-state index in [0.29, 0.717) is 0 Å². The monoisotopic (exact) mass is 231 g/mol. The van der Waals surface area contributed by atoms with E-state index in [1.807, 2.05) is 12.1 Å². The number of nitriles is 1. The van der Waals surface area contributed by atoms with Crippen LogP contribution in [0.5, 0.6) is 5.75 Å². The summed E-state index contributed by atoms with van der Waals surface area (Å²) in [7, 11) is 2.10. The van der Waals surface area contributed by atoms with Gasteiger partial charge in [-0.2, -0.15) is 5.26 Å². The molecule has 1 aliphatic rings. The molecule has 0 aliphatic carbocycles. The van der Waals surface area contributed by atoms with Crippen LogP contribution >= 0.6 is 0 Å². The summed E-state index contributed by atoms with van der Waals surface area (Å²) in [5.41, 5.74) is 0.954. The first-order chi connectivity index (χ1) is 8.20. The average molecular weight is 231 g/mol. The standard InChI is InChI=1S/C13H17N3O/c1-15-6-8-16(9-7-15)13(10-14)11-2-4-12(17)5-3-11/h2-5,13,17H,6-9H2,1H3/t13-/m1/s1. The maximum atomic E-state index is 9.30. The lowest BCUT2D eigenvalue weighted by molar-refractivity contribution is 0.133. The molecule has 90 valence electrons. The molecular weight excluding hydrogens is 214 g/mol. The third kappa shape index (κ3) is 2.76. The van der Waals surface area contributed by atoms with Crippen LogP contribution in [-0.2, 0) is 0 Å². The number of hydrogen-bond acceptors (Lipinski definition) is 4. The number of phenolic OH excluding ortho intramolecular Hbond substituents is 1. The first-order valence-electron chi connectivity index (χ1n) is 5.82. The Balaban J connectivity index is 2.11. The molecule has 0 radical (unpaired) electrons. The molecule has 4 nitrogen and oxygen atoms in total. The van der Waals surface area contributed by atoms with E-state index < -0.39 is 0 Å². The van der Waals surface area contributed by atoms with Crippen LogP contribution in [0.15, 0.2) is 24.3 Å². The van der Waals surface area contributed by atoms with E-state index in [1.165, 1.54) is 0 Å². The summed E-state index contributed by atoms with van der Waals surface area (Å²) in [5, 5.41) is 18.6. The van der Waals surface area contributed by atoms with Gasteiger partial charge in [-0.25, -0.2) is 0 Å². The van der Waals surface area contributed by atoms with Crippen LogP contribution in [0, 0.1) is 11.3 Å². The highest BCUT2D eigenvalue weighted by molar-refractivity contribution is 5.30. The molecule has 2 rings (SSSR count). The van der Waals surface area contributed by atoms with E-state index in [9.17, 15) is 10.4 Å². The maximum absolute atomic E-state index is 9.30. The van der Waals surface area contributed by atoms with Crippen molar-refractivity contribution < 1.29 is 5.11 Å². The van der Waals surface area contributed by atoms with Gasteiger partial charge in [0.1, 0.15) is 11.8 Å². The molecule has 0 aromatic heterocycles. The Morgan fingerprint density at radius 3 is 2.29 bits per heavy atom. The zero-order valence-corrected chi connectivity index (χ0v) is 10.0. The van der Waals surface area contributed by atoms with Gasteiger partial charge >= 0.3 is 0 Å². The summed E-state index contributed by atoms with van der Waals surface area (Å²) >= 11 is 0. The summed E-state index contributed by atoms with van der Waals surface area (Å²) in [4.78, 5) is 4.45. The lowest BCUT2D eigenvalue weighted by Gasteiger charge is -2.35. The summed E-state index contributed by atoms with van der Waals surface area (Å²) < 4.78 is 0. The fraction of sp³-hybridized carbons (Fsp3) is 0.462. The SMILES string of the molecule is CN1CCN([C@H](C#N)c2ccc(O)cc2)CC1. The molecule has 1 fully saturated rings. The Labute approximate surface area is 102 Å². The van der Waals surface area contributed by atoms with Crippen LogP contribution in [0.25, 0.3) is 0 Å². The van der Waals surface area contributed by atoms with Crippen molar-refractivity contribution in [3.05, 3.63) is 29.8 Å². The second-order valence-electron chi connectivity index (χ2n) is 4.46. The number of rotatable bonds is 2. The van der Waals surface area contributed by atoms with Crippen molar-refractivity contribution in [3.8, 4) is 11.8 Å².